The molecule has 0 saturated carbocycles. The van der Waals surface area contributed by atoms with Crippen molar-refractivity contribution in [3.63, 3.8) is 0 Å². The molecule has 1 aliphatic rings. The minimum atomic E-state index is 0.284. The zero-order valence-corrected chi connectivity index (χ0v) is 10.2. The lowest BCUT2D eigenvalue weighted by Crippen LogP contribution is -2.17. The second kappa shape index (κ2) is 4.86. The second-order valence-electron chi connectivity index (χ2n) is 3.91. The van der Waals surface area contributed by atoms with Gasteiger partial charge in [-0.2, -0.15) is 5.48 Å². The van der Waals surface area contributed by atoms with E-state index in [9.17, 15) is 5.21 Å². The number of para-hydroxylation sites is 1. The number of benzene rings is 1. The van der Waals surface area contributed by atoms with E-state index >= 15 is 0 Å². The van der Waals surface area contributed by atoms with Gasteiger partial charge in [-0.3, -0.25) is 5.21 Å². The van der Waals surface area contributed by atoms with Crippen molar-refractivity contribution < 1.29 is 15.2 Å². The average Bonchev–Trinajstić information content (AvgIpc) is 2.82. The molecular weight excluding hydrogens is 250 g/mol. The topological polar surface area (TPSA) is 90.9 Å². The van der Waals surface area contributed by atoms with Gasteiger partial charge >= 0.3 is 0 Å². The fraction of sp³-hybridized carbons (Fsp3) is 0.182. The average molecular weight is 263 g/mol. The molecule has 1 aromatic carbocycles. The molecular formula is C11H13N5O3. The van der Waals surface area contributed by atoms with Crippen LogP contribution in [0.5, 0.6) is 0 Å². The van der Waals surface area contributed by atoms with Gasteiger partial charge in [-0.05, 0) is 6.07 Å². The van der Waals surface area contributed by atoms with Gasteiger partial charge in [-0.25, -0.2) is 15.5 Å². The quantitative estimate of drug-likeness (QED) is 0.372. The Morgan fingerprint density at radius 2 is 2.21 bits per heavy atom. The van der Waals surface area contributed by atoms with Crippen molar-refractivity contribution in [3.8, 4) is 0 Å². The molecule has 3 rings (SSSR count). The van der Waals surface area contributed by atoms with Gasteiger partial charge in [0.25, 0.3) is 0 Å². The molecule has 0 bridgehead atoms. The van der Waals surface area contributed by atoms with Crippen molar-refractivity contribution in [3.05, 3.63) is 24.3 Å². The maximum absolute atomic E-state index is 9.91. The first kappa shape index (κ1) is 11.9. The summed E-state index contributed by atoms with van der Waals surface area (Å²) < 4.78 is 0. The number of anilines is 3. The molecule has 2 aromatic rings. The number of nitrogens with one attached hydrogen (secondary N) is 3. The second-order valence-corrected chi connectivity index (χ2v) is 3.91. The van der Waals surface area contributed by atoms with Crippen LogP contribution in [0.2, 0.25) is 0 Å². The van der Waals surface area contributed by atoms with Gasteiger partial charge in [0.05, 0.1) is 5.52 Å². The highest BCUT2D eigenvalue weighted by Crippen LogP contribution is 2.41. The van der Waals surface area contributed by atoms with E-state index in [4.69, 9.17) is 4.99 Å². The molecule has 0 spiro atoms. The van der Waals surface area contributed by atoms with Crippen LogP contribution in [-0.2, 0) is 9.98 Å². The van der Waals surface area contributed by atoms with Gasteiger partial charge in [0, 0.05) is 12.4 Å². The highest BCUT2D eigenvalue weighted by Gasteiger charge is 2.24. The van der Waals surface area contributed by atoms with Crippen LogP contribution < -0.4 is 21.3 Å². The first-order chi connectivity index (χ1) is 9.31. The molecule has 2 heterocycles. The molecule has 8 nitrogen and oxygen atoms in total. The Labute approximate surface area is 108 Å². The van der Waals surface area contributed by atoms with Gasteiger partial charge in [0.15, 0.2) is 5.82 Å². The van der Waals surface area contributed by atoms with Crippen molar-refractivity contribution in [2.75, 3.05) is 29.6 Å². The van der Waals surface area contributed by atoms with Crippen molar-refractivity contribution in [1.82, 2.24) is 10.5 Å². The smallest absolute Gasteiger partial charge is 0.178 e. The van der Waals surface area contributed by atoms with E-state index in [-0.39, 0.29) is 6.67 Å². The summed E-state index contributed by atoms with van der Waals surface area (Å²) in [6.45, 7) is 0.284. The summed E-state index contributed by atoms with van der Waals surface area (Å²) >= 11 is 0. The van der Waals surface area contributed by atoms with Gasteiger partial charge in [-0.1, -0.05) is 23.2 Å². The molecule has 0 unspecified atom stereocenters. The molecule has 1 aromatic heterocycles. The monoisotopic (exact) mass is 263 g/mol. The zero-order chi connectivity index (χ0) is 13.2. The normalized spacial score (nSPS) is 13.5. The Balaban J connectivity index is 2.08. The highest BCUT2D eigenvalue weighted by atomic mass is 17.3. The third-order valence-electron chi connectivity index (χ3n) is 2.79. The number of nitrogens with zero attached hydrogens (tertiary/aromatic N) is 2. The molecule has 0 fully saturated rings. The first-order valence-electron chi connectivity index (χ1n) is 5.69. The van der Waals surface area contributed by atoms with Gasteiger partial charge < -0.3 is 5.32 Å². The summed E-state index contributed by atoms with van der Waals surface area (Å²) in [6, 6.07) is 7.52. The van der Waals surface area contributed by atoms with Crippen LogP contribution in [0, 0.1) is 0 Å². The summed E-state index contributed by atoms with van der Waals surface area (Å²) in [5, 5.41) is 14.9. The van der Waals surface area contributed by atoms with E-state index in [0.717, 1.165) is 16.0 Å². The Morgan fingerprint density at radius 3 is 3.05 bits per heavy atom. The lowest BCUT2D eigenvalue weighted by atomic mass is 10.1. The molecule has 1 aliphatic heterocycles. The highest BCUT2D eigenvalue weighted by molar-refractivity contribution is 6.03. The predicted molar refractivity (Wildman–Crippen MR) is 69.4 cm³/mol. The van der Waals surface area contributed by atoms with Crippen LogP contribution in [0.25, 0.3) is 10.9 Å². The fourth-order valence-electron chi connectivity index (χ4n) is 2.04. The van der Waals surface area contributed by atoms with Gasteiger partial charge in [-0.15, -0.1) is 4.99 Å². The fourth-order valence-corrected chi connectivity index (χ4v) is 2.04. The number of pyridine rings is 1. The van der Waals surface area contributed by atoms with Crippen LogP contribution in [0.15, 0.2) is 24.3 Å². The van der Waals surface area contributed by atoms with Crippen molar-refractivity contribution >= 4 is 28.1 Å². The number of hydrogen-bond acceptors (Lipinski definition) is 8. The molecule has 0 radical (unpaired) electrons. The maximum atomic E-state index is 9.91. The molecule has 100 valence electrons. The molecule has 19 heavy (non-hydrogen) atoms. The minimum absolute atomic E-state index is 0.284. The number of hydrogen-bond donors (Lipinski definition) is 4. The van der Waals surface area contributed by atoms with Crippen molar-refractivity contribution in [2.45, 2.75) is 0 Å². The number of fused-ring (bicyclic) bond motifs is 3. The summed E-state index contributed by atoms with van der Waals surface area (Å²) in [5.74, 6) is 0.431. The number of aromatic nitrogens is 1. The van der Waals surface area contributed by atoms with E-state index in [1.54, 1.807) is 7.05 Å². The molecule has 0 aliphatic carbocycles. The Morgan fingerprint density at radius 1 is 1.37 bits per heavy atom. The summed E-state index contributed by atoms with van der Waals surface area (Å²) in [7, 11) is 1.56. The van der Waals surface area contributed by atoms with E-state index in [0.29, 0.717) is 17.2 Å². The van der Waals surface area contributed by atoms with Crippen molar-refractivity contribution in [1.29, 1.82) is 0 Å². The Bertz CT molecular complexity index is 606. The molecule has 0 saturated heterocycles. The van der Waals surface area contributed by atoms with Gasteiger partial charge in [0.2, 0.25) is 0 Å². The van der Waals surface area contributed by atoms with E-state index < -0.39 is 0 Å². The third-order valence-corrected chi connectivity index (χ3v) is 2.79. The number of rotatable bonds is 4. The standard InChI is InChI=1S/C11H13N5O3/c1-12-18-19-15-11-9-10(16(17)6-13-9)7-4-2-3-5-8(7)14-11/h2-5,12-13,17H,6H2,1H3,(H,14,15). The molecule has 8 heteroatoms. The van der Waals surface area contributed by atoms with Crippen LogP contribution in [0.4, 0.5) is 17.2 Å². The van der Waals surface area contributed by atoms with E-state index in [1.165, 1.54) is 0 Å². The van der Waals surface area contributed by atoms with Crippen LogP contribution >= 0.6 is 0 Å². The Kier molecular flexibility index (Phi) is 3.05. The lowest BCUT2D eigenvalue weighted by molar-refractivity contribution is -0.312. The van der Waals surface area contributed by atoms with E-state index in [2.05, 4.69) is 26.2 Å². The largest absolute Gasteiger partial charge is 0.361 e. The van der Waals surface area contributed by atoms with Crippen LogP contribution in [0.3, 0.4) is 0 Å². The molecule has 4 N–H and O–H groups in total. The summed E-state index contributed by atoms with van der Waals surface area (Å²) in [5.41, 5.74) is 6.96. The maximum Gasteiger partial charge on any atom is 0.178 e. The molecule has 0 amide bonds. The third kappa shape index (κ3) is 2.02. The number of hydroxylamine groups is 2. The lowest BCUT2D eigenvalue weighted by Gasteiger charge is -2.13. The summed E-state index contributed by atoms with van der Waals surface area (Å²) in [4.78, 5) is 13.7. The SMILES string of the molecule is CNOONc1nc2ccccc2c2c1NCN2O. The van der Waals surface area contributed by atoms with Crippen LogP contribution in [0.1, 0.15) is 0 Å². The van der Waals surface area contributed by atoms with Gasteiger partial charge in [0.1, 0.15) is 18.0 Å². The Hall–Kier alpha value is -2.13. The van der Waals surface area contributed by atoms with E-state index in [1.807, 2.05) is 24.3 Å². The molecule has 0 atom stereocenters. The zero-order valence-electron chi connectivity index (χ0n) is 10.2. The van der Waals surface area contributed by atoms with Crippen LogP contribution in [-0.4, -0.2) is 23.9 Å². The summed E-state index contributed by atoms with van der Waals surface area (Å²) in [6.07, 6.45) is 0. The van der Waals surface area contributed by atoms with Crippen molar-refractivity contribution in [2.24, 2.45) is 0 Å². The minimum Gasteiger partial charge on any atom is -0.361 e. The predicted octanol–water partition coefficient (Wildman–Crippen LogP) is 1.22. The first-order valence-corrected chi connectivity index (χ1v) is 5.69.